The number of esters is 1. The van der Waals surface area contributed by atoms with Gasteiger partial charge >= 0.3 is 24.4 Å². The molecule has 0 heterocycles. The fourth-order valence-corrected chi connectivity index (χ4v) is 2.49. The van der Waals surface area contributed by atoms with Gasteiger partial charge in [0.2, 0.25) is 0 Å². The minimum Gasteiger partial charge on any atom is -0.461 e. The maximum Gasteiger partial charge on any atom is 0.513 e. The summed E-state index contributed by atoms with van der Waals surface area (Å²) in [6.07, 6.45) is -1.98. The maximum absolute atomic E-state index is 12.3. The van der Waals surface area contributed by atoms with E-state index in [4.69, 9.17) is 38.9 Å². The normalized spacial score (nSPS) is 12.0. The number of unbranched alkanes of at least 4 members (excludes halogenated alkanes) is 1. The summed E-state index contributed by atoms with van der Waals surface area (Å²) in [5.74, 6) is -0.953. The molecule has 0 radical (unpaired) electrons. The van der Waals surface area contributed by atoms with E-state index in [1.807, 2.05) is 6.92 Å². The third-order valence-corrected chi connectivity index (χ3v) is 4.15. The third-order valence-electron chi connectivity index (χ3n) is 4.15. The van der Waals surface area contributed by atoms with E-state index < -0.39 is 36.6 Å². The van der Waals surface area contributed by atoms with Crippen LogP contribution in [0.3, 0.4) is 0 Å². The molecule has 0 aliphatic heterocycles. The number of benzene rings is 1. The Labute approximate surface area is 203 Å². The van der Waals surface area contributed by atoms with Crippen molar-refractivity contribution in [1.29, 1.82) is 0 Å². The fraction of sp³-hybridized carbons (Fsp3) is 0.565. The van der Waals surface area contributed by atoms with Crippen molar-refractivity contribution in [2.75, 3.05) is 26.4 Å². The number of carbonyl (C=O) groups excluding carboxylic acids is 4. The highest BCUT2D eigenvalue weighted by molar-refractivity contribution is 5.76. The predicted octanol–water partition coefficient (Wildman–Crippen LogP) is 3.51. The van der Waals surface area contributed by atoms with E-state index >= 15 is 0 Å². The number of nitrogens with two attached hydrogens (primary N) is 1. The zero-order valence-corrected chi connectivity index (χ0v) is 20.4. The monoisotopic (exact) mass is 499 g/mol. The molecule has 0 amide bonds. The molecule has 2 N–H and O–H groups in total. The molecule has 0 saturated carbocycles. The average molecular weight is 500 g/mol. The summed E-state index contributed by atoms with van der Waals surface area (Å²) < 4.78 is 34.6. The summed E-state index contributed by atoms with van der Waals surface area (Å²) in [6.45, 7) is 6.90. The van der Waals surface area contributed by atoms with E-state index in [9.17, 15) is 19.2 Å². The highest BCUT2D eigenvalue weighted by Gasteiger charge is 2.21. The van der Waals surface area contributed by atoms with E-state index in [0.29, 0.717) is 5.56 Å². The van der Waals surface area contributed by atoms with Gasteiger partial charge in [-0.15, -0.1) is 0 Å². The zero-order chi connectivity index (χ0) is 26.2. The molecule has 0 unspecified atom stereocenters. The van der Waals surface area contributed by atoms with Crippen LogP contribution in [0.4, 0.5) is 14.4 Å². The Hall–Kier alpha value is -3.54. The second-order valence-electron chi connectivity index (χ2n) is 7.17. The molecule has 2 atom stereocenters. The van der Waals surface area contributed by atoms with E-state index in [1.54, 1.807) is 20.8 Å². The zero-order valence-electron chi connectivity index (χ0n) is 20.4. The van der Waals surface area contributed by atoms with Gasteiger partial charge < -0.3 is 38.9 Å². The first kappa shape index (κ1) is 29.5. The first-order chi connectivity index (χ1) is 16.7. The lowest BCUT2D eigenvalue weighted by atomic mass is 10.1. The minimum atomic E-state index is -1.08. The average Bonchev–Trinajstić information content (AvgIpc) is 2.79. The van der Waals surface area contributed by atoms with Gasteiger partial charge in [0.05, 0.1) is 19.8 Å². The Kier molecular flexibility index (Phi) is 13.6. The third kappa shape index (κ3) is 11.9. The molecular weight excluding hydrogens is 466 g/mol. The molecule has 0 saturated heterocycles. The number of hydrogen-bond acceptors (Lipinski definition) is 12. The van der Waals surface area contributed by atoms with Gasteiger partial charge in [0.15, 0.2) is 11.5 Å². The van der Waals surface area contributed by atoms with Gasteiger partial charge in [-0.05, 0) is 51.3 Å². The summed E-state index contributed by atoms with van der Waals surface area (Å²) in [5, 5.41) is 0. The summed E-state index contributed by atoms with van der Waals surface area (Å²) in [7, 11) is 0. The van der Waals surface area contributed by atoms with Crippen LogP contribution in [0, 0.1) is 0 Å². The summed E-state index contributed by atoms with van der Waals surface area (Å²) in [4.78, 5) is 47.2. The molecule has 12 heteroatoms. The lowest BCUT2D eigenvalue weighted by Crippen LogP contribution is -2.36. The van der Waals surface area contributed by atoms with E-state index in [1.165, 1.54) is 18.2 Å². The highest BCUT2D eigenvalue weighted by atomic mass is 16.7. The Morgan fingerprint density at radius 3 is 2.09 bits per heavy atom. The Morgan fingerprint density at radius 2 is 1.49 bits per heavy atom. The van der Waals surface area contributed by atoms with Crippen molar-refractivity contribution in [1.82, 2.24) is 0 Å². The van der Waals surface area contributed by atoms with Crippen LogP contribution in [-0.4, -0.2) is 63.0 Å². The molecule has 1 aromatic carbocycles. The molecule has 1 rings (SSSR count). The lowest BCUT2D eigenvalue weighted by molar-refractivity contribution is -0.148. The van der Waals surface area contributed by atoms with Crippen LogP contribution in [0.25, 0.3) is 0 Å². The topological polar surface area (TPSA) is 159 Å². The van der Waals surface area contributed by atoms with Gasteiger partial charge in [-0.1, -0.05) is 19.4 Å². The van der Waals surface area contributed by atoms with Crippen LogP contribution < -0.4 is 15.2 Å². The maximum atomic E-state index is 12.3. The first-order valence-electron chi connectivity index (χ1n) is 11.3. The number of ether oxygens (including phenoxy) is 7. The van der Waals surface area contributed by atoms with Crippen molar-refractivity contribution in [3.63, 3.8) is 0 Å². The van der Waals surface area contributed by atoms with Crippen molar-refractivity contribution in [3.05, 3.63) is 23.8 Å². The van der Waals surface area contributed by atoms with Crippen molar-refractivity contribution in [2.24, 2.45) is 5.73 Å². The van der Waals surface area contributed by atoms with Crippen LogP contribution in [0.15, 0.2) is 18.2 Å². The quantitative estimate of drug-likeness (QED) is 0.182. The van der Waals surface area contributed by atoms with Crippen molar-refractivity contribution in [2.45, 2.75) is 59.1 Å². The molecule has 12 nitrogen and oxygen atoms in total. The van der Waals surface area contributed by atoms with E-state index in [0.717, 1.165) is 12.8 Å². The SMILES string of the molecule is CCCCOC(=O)O[C@@H](C)COC(=O)[C@@H](N)Cc1ccc(OC(=O)OCC)c(OC(=O)OCC)c1. The molecule has 1 aromatic rings. The highest BCUT2D eigenvalue weighted by Crippen LogP contribution is 2.30. The van der Waals surface area contributed by atoms with Gasteiger partial charge in [-0.2, -0.15) is 0 Å². The van der Waals surface area contributed by atoms with Crippen molar-refractivity contribution < 1.29 is 52.3 Å². The van der Waals surface area contributed by atoms with Crippen LogP contribution in [0.1, 0.15) is 46.1 Å². The van der Waals surface area contributed by atoms with Gasteiger partial charge in [0.25, 0.3) is 0 Å². The van der Waals surface area contributed by atoms with Crippen molar-refractivity contribution in [3.8, 4) is 11.5 Å². The van der Waals surface area contributed by atoms with E-state index in [-0.39, 0.29) is 44.3 Å². The second kappa shape index (κ2) is 16.1. The number of rotatable bonds is 13. The molecule has 196 valence electrons. The van der Waals surface area contributed by atoms with Gasteiger partial charge in [-0.3, -0.25) is 4.79 Å². The molecule has 0 bridgehead atoms. The first-order valence-corrected chi connectivity index (χ1v) is 11.3. The fourth-order valence-electron chi connectivity index (χ4n) is 2.49. The number of hydrogen-bond donors (Lipinski definition) is 1. The largest absolute Gasteiger partial charge is 0.513 e. The van der Waals surface area contributed by atoms with Crippen LogP contribution >= 0.6 is 0 Å². The molecule has 0 aliphatic carbocycles. The van der Waals surface area contributed by atoms with Crippen LogP contribution in [0.2, 0.25) is 0 Å². The standard InChI is InChI=1S/C23H33NO11/c1-5-8-11-31-23(28)33-15(4)14-32-20(25)17(24)12-16-9-10-18(34-21(26)29-6-2)19(13-16)35-22(27)30-7-3/h9-10,13,15,17H,5-8,11-12,14,24H2,1-4H3/t15-,17-/m0/s1. The molecule has 0 spiro atoms. The van der Waals surface area contributed by atoms with Crippen LogP contribution in [0.5, 0.6) is 11.5 Å². The van der Waals surface area contributed by atoms with Crippen LogP contribution in [-0.2, 0) is 34.9 Å². The molecule has 35 heavy (non-hydrogen) atoms. The summed E-state index contributed by atoms with van der Waals surface area (Å²) in [6, 6.07) is 3.18. The summed E-state index contributed by atoms with van der Waals surface area (Å²) >= 11 is 0. The molecular formula is C23H33NO11. The van der Waals surface area contributed by atoms with Gasteiger partial charge in [-0.25, -0.2) is 14.4 Å². The second-order valence-corrected chi connectivity index (χ2v) is 7.17. The molecule has 0 aliphatic rings. The van der Waals surface area contributed by atoms with Gasteiger partial charge in [0.1, 0.15) is 18.8 Å². The summed E-state index contributed by atoms with van der Waals surface area (Å²) in [5.41, 5.74) is 6.41. The Balaban J connectivity index is 2.72. The van der Waals surface area contributed by atoms with Gasteiger partial charge in [0, 0.05) is 0 Å². The van der Waals surface area contributed by atoms with Crippen molar-refractivity contribution >= 4 is 24.4 Å². The Morgan fingerprint density at radius 1 is 0.857 bits per heavy atom. The molecule has 0 fully saturated rings. The lowest BCUT2D eigenvalue weighted by Gasteiger charge is -2.16. The smallest absolute Gasteiger partial charge is 0.461 e. The van der Waals surface area contributed by atoms with E-state index in [2.05, 4.69) is 0 Å². The Bertz CT molecular complexity index is 843. The molecule has 0 aromatic heterocycles. The number of carbonyl (C=O) groups is 4. The predicted molar refractivity (Wildman–Crippen MR) is 121 cm³/mol. The minimum absolute atomic E-state index is 0.00596.